The van der Waals surface area contributed by atoms with Gasteiger partial charge in [-0.3, -0.25) is 0 Å². The lowest BCUT2D eigenvalue weighted by molar-refractivity contribution is 0.170. The Kier molecular flexibility index (Phi) is 2.88. The van der Waals surface area contributed by atoms with Crippen molar-refractivity contribution in [3.63, 3.8) is 0 Å². The Morgan fingerprint density at radius 1 is 1.40 bits per heavy atom. The Labute approximate surface area is 97.7 Å². The number of rotatable bonds is 1. The normalized spacial score (nSPS) is 15.5. The fourth-order valence-electron chi connectivity index (χ4n) is 1.48. The summed E-state index contributed by atoms with van der Waals surface area (Å²) in [5.74, 6) is 4.32. The summed E-state index contributed by atoms with van der Waals surface area (Å²) in [5.41, 5.74) is 1.06. The van der Waals surface area contributed by atoms with E-state index in [-0.39, 0.29) is 5.92 Å². The average Bonchev–Trinajstić information content (AvgIpc) is 2.28. The largest absolute Gasteiger partial charge is 0.486 e. The Bertz CT molecular complexity index is 420. The first-order valence-corrected chi connectivity index (χ1v) is 5.57. The Hall–Kier alpha value is -1.14. The summed E-state index contributed by atoms with van der Waals surface area (Å²) in [6.07, 6.45) is 5.39. The summed E-state index contributed by atoms with van der Waals surface area (Å²) in [4.78, 5) is 0. The van der Waals surface area contributed by atoms with Gasteiger partial charge in [-0.1, -0.05) is 5.92 Å². The van der Waals surface area contributed by atoms with Crippen molar-refractivity contribution in [2.75, 3.05) is 13.2 Å². The number of terminal acetylenes is 1. The summed E-state index contributed by atoms with van der Waals surface area (Å²) in [7, 11) is 0. The third kappa shape index (κ3) is 1.95. The van der Waals surface area contributed by atoms with Crippen LogP contribution in [0.15, 0.2) is 16.6 Å². The minimum Gasteiger partial charge on any atom is -0.486 e. The minimum atomic E-state index is 0.0807. The molecule has 0 fully saturated rings. The number of halogens is 1. The van der Waals surface area contributed by atoms with Gasteiger partial charge in [0.2, 0.25) is 0 Å². The smallest absolute Gasteiger partial charge is 0.175 e. The zero-order valence-corrected chi connectivity index (χ0v) is 10.0. The third-order valence-corrected chi connectivity index (χ3v) is 2.96. The Balaban J connectivity index is 2.46. The maximum atomic E-state index is 5.52. The molecule has 1 aliphatic heterocycles. The predicted molar refractivity (Wildman–Crippen MR) is 62.4 cm³/mol. The van der Waals surface area contributed by atoms with Crippen LogP contribution in [0, 0.1) is 12.3 Å². The van der Waals surface area contributed by atoms with Crippen molar-refractivity contribution in [3.8, 4) is 23.8 Å². The van der Waals surface area contributed by atoms with Gasteiger partial charge in [0.1, 0.15) is 13.2 Å². The van der Waals surface area contributed by atoms with Crippen molar-refractivity contribution in [2.45, 2.75) is 12.8 Å². The molecule has 1 aromatic rings. The van der Waals surface area contributed by atoms with E-state index >= 15 is 0 Å². The van der Waals surface area contributed by atoms with Crippen molar-refractivity contribution in [1.29, 1.82) is 0 Å². The quantitative estimate of drug-likeness (QED) is 0.728. The van der Waals surface area contributed by atoms with E-state index in [9.17, 15) is 0 Å². The van der Waals surface area contributed by atoms with Crippen molar-refractivity contribution in [2.24, 2.45) is 0 Å². The molecule has 0 saturated carbocycles. The first-order valence-electron chi connectivity index (χ1n) is 4.77. The van der Waals surface area contributed by atoms with Crippen LogP contribution in [-0.4, -0.2) is 13.2 Å². The minimum absolute atomic E-state index is 0.0807. The zero-order valence-electron chi connectivity index (χ0n) is 8.42. The number of ether oxygens (including phenoxy) is 2. The lowest BCUT2D eigenvalue weighted by atomic mass is 10.0. The molecule has 0 aliphatic carbocycles. The lowest BCUT2D eigenvalue weighted by Crippen LogP contribution is -2.16. The zero-order chi connectivity index (χ0) is 10.8. The van der Waals surface area contributed by atoms with E-state index in [1.54, 1.807) is 0 Å². The monoisotopic (exact) mass is 266 g/mol. The highest BCUT2D eigenvalue weighted by Crippen LogP contribution is 2.39. The molecule has 0 N–H and O–H groups in total. The number of hydrogen-bond acceptors (Lipinski definition) is 2. The number of fused-ring (bicyclic) bond motifs is 1. The lowest BCUT2D eigenvalue weighted by Gasteiger charge is -2.21. The molecule has 0 radical (unpaired) electrons. The maximum absolute atomic E-state index is 5.52. The van der Waals surface area contributed by atoms with Crippen molar-refractivity contribution < 1.29 is 9.47 Å². The molecule has 1 atom stereocenters. The molecule has 0 saturated heterocycles. The van der Waals surface area contributed by atoms with E-state index in [2.05, 4.69) is 21.9 Å². The average molecular weight is 267 g/mol. The van der Waals surface area contributed by atoms with Crippen molar-refractivity contribution in [1.82, 2.24) is 0 Å². The van der Waals surface area contributed by atoms with Gasteiger partial charge < -0.3 is 9.47 Å². The molecule has 2 rings (SSSR count). The van der Waals surface area contributed by atoms with E-state index in [1.807, 2.05) is 19.1 Å². The van der Waals surface area contributed by atoms with Crippen LogP contribution in [-0.2, 0) is 0 Å². The summed E-state index contributed by atoms with van der Waals surface area (Å²) in [6, 6.07) is 3.93. The Morgan fingerprint density at radius 2 is 2.13 bits per heavy atom. The molecule has 1 heterocycles. The molecule has 1 aromatic carbocycles. The number of benzene rings is 1. The van der Waals surface area contributed by atoms with Gasteiger partial charge in [0.25, 0.3) is 0 Å². The molecule has 0 amide bonds. The molecule has 3 heteroatoms. The summed E-state index contributed by atoms with van der Waals surface area (Å²) in [6.45, 7) is 3.17. The SMILES string of the molecule is C#CC(C)c1cc(Br)c2c(c1)OCCO2. The Morgan fingerprint density at radius 3 is 2.87 bits per heavy atom. The molecular formula is C12H11BrO2. The summed E-state index contributed by atoms with van der Waals surface area (Å²) < 4.78 is 11.9. The van der Waals surface area contributed by atoms with Gasteiger partial charge in [0, 0.05) is 5.92 Å². The standard InChI is InChI=1S/C12H11BrO2/c1-3-8(2)9-6-10(13)12-11(7-9)14-4-5-15-12/h1,6-8H,4-5H2,2H3. The van der Waals surface area contributed by atoms with Crippen LogP contribution >= 0.6 is 15.9 Å². The first kappa shape index (κ1) is 10.4. The molecule has 0 aromatic heterocycles. The van der Waals surface area contributed by atoms with Gasteiger partial charge in [-0.05, 0) is 40.5 Å². The number of hydrogen-bond donors (Lipinski definition) is 0. The highest BCUT2D eigenvalue weighted by Gasteiger charge is 2.17. The molecule has 0 spiro atoms. The summed E-state index contributed by atoms with van der Waals surface area (Å²) in [5, 5.41) is 0. The molecule has 0 bridgehead atoms. The van der Waals surface area contributed by atoms with Crippen LogP contribution in [0.3, 0.4) is 0 Å². The van der Waals surface area contributed by atoms with Crippen LogP contribution in [0.5, 0.6) is 11.5 Å². The second-order valence-corrected chi connectivity index (χ2v) is 4.27. The molecule has 78 valence electrons. The predicted octanol–water partition coefficient (Wildman–Crippen LogP) is 2.96. The fraction of sp³-hybridized carbons (Fsp3) is 0.333. The first-order chi connectivity index (χ1) is 7.22. The third-order valence-electron chi connectivity index (χ3n) is 2.37. The molecule has 1 unspecified atom stereocenters. The topological polar surface area (TPSA) is 18.5 Å². The second kappa shape index (κ2) is 4.16. The van der Waals surface area contributed by atoms with Crippen LogP contribution in [0.4, 0.5) is 0 Å². The fourth-order valence-corrected chi connectivity index (χ4v) is 2.05. The van der Waals surface area contributed by atoms with Crippen LogP contribution in [0.2, 0.25) is 0 Å². The van der Waals surface area contributed by atoms with Gasteiger partial charge in [-0.25, -0.2) is 0 Å². The van der Waals surface area contributed by atoms with Crippen LogP contribution in [0.25, 0.3) is 0 Å². The van der Waals surface area contributed by atoms with Gasteiger partial charge in [0.05, 0.1) is 4.47 Å². The molecular weight excluding hydrogens is 256 g/mol. The highest BCUT2D eigenvalue weighted by atomic mass is 79.9. The van der Waals surface area contributed by atoms with E-state index in [1.165, 1.54) is 0 Å². The van der Waals surface area contributed by atoms with E-state index in [4.69, 9.17) is 15.9 Å². The molecule has 2 nitrogen and oxygen atoms in total. The highest BCUT2D eigenvalue weighted by molar-refractivity contribution is 9.10. The van der Waals surface area contributed by atoms with Gasteiger partial charge in [-0.2, -0.15) is 0 Å². The van der Waals surface area contributed by atoms with Gasteiger partial charge >= 0.3 is 0 Å². The summed E-state index contributed by atoms with van der Waals surface area (Å²) >= 11 is 3.46. The van der Waals surface area contributed by atoms with E-state index < -0.39 is 0 Å². The van der Waals surface area contributed by atoms with Crippen LogP contribution < -0.4 is 9.47 Å². The van der Waals surface area contributed by atoms with Gasteiger partial charge in [0.15, 0.2) is 11.5 Å². The van der Waals surface area contributed by atoms with E-state index in [0.717, 1.165) is 21.5 Å². The van der Waals surface area contributed by atoms with Gasteiger partial charge in [-0.15, -0.1) is 6.42 Å². The van der Waals surface area contributed by atoms with E-state index in [0.29, 0.717) is 13.2 Å². The maximum Gasteiger partial charge on any atom is 0.175 e. The molecule has 1 aliphatic rings. The second-order valence-electron chi connectivity index (χ2n) is 3.42. The van der Waals surface area contributed by atoms with Crippen molar-refractivity contribution >= 4 is 15.9 Å². The van der Waals surface area contributed by atoms with Crippen molar-refractivity contribution in [3.05, 3.63) is 22.2 Å². The molecule has 15 heavy (non-hydrogen) atoms. The van der Waals surface area contributed by atoms with Crippen LogP contribution in [0.1, 0.15) is 18.4 Å².